The summed E-state index contributed by atoms with van der Waals surface area (Å²) in [5.74, 6) is -4.72. The number of nitrogens with zero attached hydrogens (tertiary/aromatic N) is 2. The molecular formula is C29H25Cl3N2O5. The van der Waals surface area contributed by atoms with Crippen LogP contribution in [0.3, 0.4) is 0 Å². The van der Waals surface area contributed by atoms with Crippen LogP contribution in [-0.2, 0) is 19.2 Å². The number of aromatic hydroxyl groups is 1. The molecule has 39 heavy (non-hydrogen) atoms. The van der Waals surface area contributed by atoms with Crippen LogP contribution in [0.5, 0.6) is 5.75 Å². The molecule has 0 radical (unpaired) electrons. The van der Waals surface area contributed by atoms with Crippen LogP contribution in [-0.4, -0.2) is 50.4 Å². The van der Waals surface area contributed by atoms with E-state index in [-0.39, 0.29) is 30.4 Å². The molecule has 6 unspecified atom stereocenters. The molecule has 2 aromatic rings. The predicted molar refractivity (Wildman–Crippen MR) is 147 cm³/mol. The Balaban J connectivity index is 1.53. The molecule has 2 saturated heterocycles. The summed E-state index contributed by atoms with van der Waals surface area (Å²) in [6.45, 7) is 3.48. The van der Waals surface area contributed by atoms with Gasteiger partial charge in [-0.05, 0) is 73.6 Å². The maximum Gasteiger partial charge on any atom is 0.253 e. The molecule has 202 valence electrons. The molecule has 6 atom stereocenters. The number of aryl methyl sites for hydroxylation is 2. The zero-order valence-corrected chi connectivity index (χ0v) is 23.6. The topological polar surface area (TPSA) is 95.0 Å². The van der Waals surface area contributed by atoms with E-state index in [1.807, 2.05) is 6.08 Å². The van der Waals surface area contributed by atoms with E-state index < -0.39 is 45.2 Å². The van der Waals surface area contributed by atoms with Crippen LogP contribution in [0.4, 0.5) is 5.69 Å². The third kappa shape index (κ3) is 3.30. The largest absolute Gasteiger partial charge is 0.507 e. The number of anilines is 1. The Labute approximate surface area is 240 Å². The highest BCUT2D eigenvalue weighted by molar-refractivity contribution is 6.53. The number of amides is 4. The van der Waals surface area contributed by atoms with Gasteiger partial charge in [-0.15, -0.1) is 23.2 Å². The van der Waals surface area contributed by atoms with Gasteiger partial charge in [0.1, 0.15) is 5.75 Å². The number of halogens is 3. The van der Waals surface area contributed by atoms with Gasteiger partial charge >= 0.3 is 0 Å². The summed E-state index contributed by atoms with van der Waals surface area (Å²) in [4.78, 5) is 53.1. The third-order valence-corrected chi connectivity index (χ3v) is 10.6. The smallest absolute Gasteiger partial charge is 0.253 e. The van der Waals surface area contributed by atoms with E-state index in [4.69, 9.17) is 34.8 Å². The number of alkyl halides is 2. The molecule has 6 rings (SSSR count). The lowest BCUT2D eigenvalue weighted by atomic mass is 9.56. The van der Waals surface area contributed by atoms with Crippen molar-refractivity contribution in [1.82, 2.24) is 4.90 Å². The number of hydrogen-bond donors (Lipinski definition) is 1. The summed E-state index contributed by atoms with van der Waals surface area (Å²) in [5, 5.41) is 10.9. The molecule has 7 nitrogen and oxygen atoms in total. The summed E-state index contributed by atoms with van der Waals surface area (Å²) in [6, 6.07) is 9.95. The highest BCUT2D eigenvalue weighted by Gasteiger charge is 2.75. The second-order valence-electron chi connectivity index (χ2n) is 11.0. The molecule has 0 spiro atoms. The highest BCUT2D eigenvalue weighted by atomic mass is 35.5. The number of imide groups is 2. The van der Waals surface area contributed by atoms with Gasteiger partial charge in [-0.25, -0.2) is 0 Å². The number of rotatable bonds is 2. The average Bonchev–Trinajstić information content (AvgIpc) is 3.22. The number of likely N-dealkylation sites (tertiary alicyclic amines) is 1. The zero-order valence-electron chi connectivity index (χ0n) is 21.4. The summed E-state index contributed by atoms with van der Waals surface area (Å²) in [5.41, 5.74) is 2.89. The zero-order chi connectivity index (χ0) is 28.2. The van der Waals surface area contributed by atoms with Crippen LogP contribution in [0, 0.1) is 31.6 Å². The molecule has 1 saturated carbocycles. The van der Waals surface area contributed by atoms with Gasteiger partial charge in [-0.3, -0.25) is 29.0 Å². The Bertz CT molecular complexity index is 1500. The molecule has 0 aromatic heterocycles. The SMILES string of the molecule is Cc1cc(C2C3=CCC4C(=O)N(c5ccc(Cl)cc5)C(=O)C4C3CC3(Cl)C(=O)N(C)C(=O)C23Cl)cc(C)c1O. The molecule has 10 heteroatoms. The van der Waals surface area contributed by atoms with E-state index in [1.54, 1.807) is 50.2 Å². The van der Waals surface area contributed by atoms with E-state index in [1.165, 1.54) is 11.9 Å². The molecular weight excluding hydrogens is 563 g/mol. The van der Waals surface area contributed by atoms with Gasteiger partial charge in [0.25, 0.3) is 11.8 Å². The van der Waals surface area contributed by atoms with Crippen molar-refractivity contribution in [3.8, 4) is 5.75 Å². The number of hydrogen-bond acceptors (Lipinski definition) is 5. The maximum absolute atomic E-state index is 13.9. The first-order valence-corrected chi connectivity index (χ1v) is 13.8. The van der Waals surface area contributed by atoms with Gasteiger partial charge in [-0.1, -0.05) is 35.4 Å². The lowest BCUT2D eigenvalue weighted by molar-refractivity contribution is -0.138. The van der Waals surface area contributed by atoms with Gasteiger partial charge in [0.2, 0.25) is 11.8 Å². The van der Waals surface area contributed by atoms with Gasteiger partial charge in [-0.2, -0.15) is 0 Å². The van der Waals surface area contributed by atoms with Crippen LogP contribution in [0.1, 0.15) is 35.4 Å². The first-order chi connectivity index (χ1) is 18.3. The molecule has 0 bridgehead atoms. The molecule has 2 aliphatic heterocycles. The number of allylic oxidation sites excluding steroid dienone is 2. The Hall–Kier alpha value is -2.87. The fraction of sp³-hybridized carbons (Fsp3) is 0.379. The van der Waals surface area contributed by atoms with Crippen molar-refractivity contribution in [3.05, 3.63) is 69.8 Å². The summed E-state index contributed by atoms with van der Waals surface area (Å²) >= 11 is 20.4. The monoisotopic (exact) mass is 586 g/mol. The van der Waals surface area contributed by atoms with Crippen LogP contribution >= 0.6 is 34.8 Å². The molecule has 4 amide bonds. The van der Waals surface area contributed by atoms with Gasteiger partial charge in [0.05, 0.1) is 17.5 Å². The molecule has 2 aromatic carbocycles. The molecule has 2 aliphatic carbocycles. The van der Waals surface area contributed by atoms with E-state index in [0.29, 0.717) is 33.0 Å². The van der Waals surface area contributed by atoms with Crippen molar-refractivity contribution in [2.45, 2.75) is 42.4 Å². The Kier molecular flexibility index (Phi) is 5.79. The van der Waals surface area contributed by atoms with E-state index in [0.717, 1.165) is 4.90 Å². The minimum absolute atomic E-state index is 0.0694. The fourth-order valence-electron chi connectivity index (χ4n) is 7.12. The van der Waals surface area contributed by atoms with Crippen LogP contribution in [0.25, 0.3) is 0 Å². The molecule has 2 heterocycles. The minimum Gasteiger partial charge on any atom is -0.507 e. The first-order valence-electron chi connectivity index (χ1n) is 12.7. The van der Waals surface area contributed by atoms with Gasteiger partial charge < -0.3 is 5.11 Å². The van der Waals surface area contributed by atoms with Gasteiger partial charge in [0, 0.05) is 18.0 Å². The normalized spacial score (nSPS) is 33.7. The number of benzene rings is 2. The van der Waals surface area contributed by atoms with Crippen molar-refractivity contribution >= 4 is 64.1 Å². The van der Waals surface area contributed by atoms with Crippen molar-refractivity contribution < 1.29 is 24.3 Å². The lowest BCUT2D eigenvalue weighted by Crippen LogP contribution is -2.60. The number of phenols is 1. The second-order valence-corrected chi connectivity index (χ2v) is 12.7. The fourth-order valence-corrected chi connectivity index (χ4v) is 8.26. The number of carbonyl (C=O) groups excluding carboxylic acids is 4. The van der Waals surface area contributed by atoms with E-state index in [2.05, 4.69) is 0 Å². The van der Waals surface area contributed by atoms with Gasteiger partial charge in [0.15, 0.2) is 9.75 Å². The van der Waals surface area contributed by atoms with Crippen molar-refractivity contribution in [2.24, 2.45) is 17.8 Å². The van der Waals surface area contributed by atoms with Crippen molar-refractivity contribution in [3.63, 3.8) is 0 Å². The average molecular weight is 588 g/mol. The van der Waals surface area contributed by atoms with E-state index in [9.17, 15) is 24.3 Å². The second kappa shape index (κ2) is 8.56. The summed E-state index contributed by atoms with van der Waals surface area (Å²) in [7, 11) is 1.36. The lowest BCUT2D eigenvalue weighted by Gasteiger charge is -2.51. The number of carbonyl (C=O) groups is 4. The summed E-state index contributed by atoms with van der Waals surface area (Å²) in [6.07, 6.45) is 2.10. The van der Waals surface area contributed by atoms with Crippen molar-refractivity contribution in [1.29, 1.82) is 0 Å². The minimum atomic E-state index is -1.85. The third-order valence-electron chi connectivity index (χ3n) is 8.95. The Morgan fingerprint density at radius 2 is 1.54 bits per heavy atom. The van der Waals surface area contributed by atoms with Crippen molar-refractivity contribution in [2.75, 3.05) is 11.9 Å². The number of phenolic OH excluding ortho intramolecular Hbond substituents is 1. The summed E-state index contributed by atoms with van der Waals surface area (Å²) < 4.78 is 0. The molecule has 4 aliphatic rings. The molecule has 1 N–H and O–H groups in total. The highest BCUT2D eigenvalue weighted by Crippen LogP contribution is 2.65. The van der Waals surface area contributed by atoms with E-state index >= 15 is 0 Å². The van der Waals surface area contributed by atoms with Crippen LogP contribution in [0.15, 0.2) is 48.0 Å². The first kappa shape index (κ1) is 26.4. The standard InChI is InChI=1S/C29H25Cl3N2O5/c1-13-10-15(11-14(2)23(13)35)22-18-8-9-19-21(25(37)34(24(19)36)17-6-4-16(30)5-7-17)20(18)12-28(31)26(38)33(3)27(39)29(22,28)32/h4-8,10-11,19-22,35H,9,12H2,1-3H3. The Morgan fingerprint density at radius 3 is 2.15 bits per heavy atom. The quantitative estimate of drug-likeness (QED) is 0.308. The van der Waals surface area contributed by atoms with Crippen LogP contribution < -0.4 is 4.90 Å². The Morgan fingerprint density at radius 1 is 0.923 bits per heavy atom. The molecule has 3 fully saturated rings. The predicted octanol–water partition coefficient (Wildman–Crippen LogP) is 4.86. The maximum atomic E-state index is 13.9. The number of fused-ring (bicyclic) bond motifs is 4. The van der Waals surface area contributed by atoms with Crippen LogP contribution in [0.2, 0.25) is 5.02 Å².